The van der Waals surface area contributed by atoms with Crippen LogP contribution in [0.2, 0.25) is 0 Å². The molecular formula is C12H19NO4. The van der Waals surface area contributed by atoms with Gasteiger partial charge in [0.15, 0.2) is 0 Å². The van der Waals surface area contributed by atoms with E-state index in [4.69, 9.17) is 4.74 Å². The number of carbonyl (C=O) groups is 1. The summed E-state index contributed by atoms with van der Waals surface area (Å²) in [5.41, 5.74) is -0.745. The van der Waals surface area contributed by atoms with E-state index in [1.54, 1.807) is 13.8 Å². The summed E-state index contributed by atoms with van der Waals surface area (Å²) >= 11 is 0. The molecule has 0 fully saturated rings. The standard InChI is InChI=1S/C12H19NO4/c1-8(16-5)9(12(2,3)15)7-10(13-4)11(14)17-6/h7,15H,1H2,2-6H3/b9-7+,13-10?. The molecule has 0 atom stereocenters. The Morgan fingerprint density at radius 1 is 1.35 bits per heavy atom. The largest absolute Gasteiger partial charge is 0.497 e. The quantitative estimate of drug-likeness (QED) is 0.338. The number of aliphatic hydroxyl groups is 1. The van der Waals surface area contributed by atoms with Crippen LogP contribution in [-0.2, 0) is 14.3 Å². The fourth-order valence-corrected chi connectivity index (χ4v) is 1.16. The van der Waals surface area contributed by atoms with Crippen LogP contribution >= 0.6 is 0 Å². The Morgan fingerprint density at radius 2 is 1.88 bits per heavy atom. The number of nitrogens with zero attached hydrogens (tertiary/aromatic N) is 1. The van der Waals surface area contributed by atoms with E-state index in [2.05, 4.69) is 16.3 Å². The lowest BCUT2D eigenvalue weighted by Gasteiger charge is -2.22. The van der Waals surface area contributed by atoms with Crippen molar-refractivity contribution in [1.82, 2.24) is 0 Å². The summed E-state index contributed by atoms with van der Waals surface area (Å²) in [6.45, 7) is 6.78. The first-order valence-electron chi connectivity index (χ1n) is 5.00. The summed E-state index contributed by atoms with van der Waals surface area (Å²) in [7, 11) is 4.15. The van der Waals surface area contributed by atoms with Crippen molar-refractivity contribution in [1.29, 1.82) is 0 Å². The minimum absolute atomic E-state index is 0.0859. The van der Waals surface area contributed by atoms with Gasteiger partial charge in [0, 0.05) is 12.6 Å². The molecule has 0 aromatic rings. The molecule has 5 heteroatoms. The van der Waals surface area contributed by atoms with Crippen molar-refractivity contribution in [3.63, 3.8) is 0 Å². The predicted octanol–water partition coefficient (Wildman–Crippen LogP) is 1.09. The van der Waals surface area contributed by atoms with Gasteiger partial charge in [-0.2, -0.15) is 0 Å². The van der Waals surface area contributed by atoms with Crippen LogP contribution in [0.5, 0.6) is 0 Å². The maximum Gasteiger partial charge on any atom is 0.356 e. The lowest BCUT2D eigenvalue weighted by molar-refractivity contribution is -0.132. The molecule has 17 heavy (non-hydrogen) atoms. The highest BCUT2D eigenvalue weighted by Crippen LogP contribution is 2.23. The van der Waals surface area contributed by atoms with Gasteiger partial charge in [-0.05, 0) is 19.9 Å². The van der Waals surface area contributed by atoms with Crippen LogP contribution in [-0.4, -0.2) is 43.7 Å². The zero-order valence-corrected chi connectivity index (χ0v) is 10.9. The second kappa shape index (κ2) is 6.20. The van der Waals surface area contributed by atoms with Crippen LogP contribution in [0.15, 0.2) is 29.0 Å². The maximum absolute atomic E-state index is 11.4. The van der Waals surface area contributed by atoms with Crippen molar-refractivity contribution in [2.45, 2.75) is 19.4 Å². The lowest BCUT2D eigenvalue weighted by atomic mass is 9.95. The Labute approximate surface area is 101 Å². The molecular weight excluding hydrogens is 222 g/mol. The smallest absolute Gasteiger partial charge is 0.356 e. The molecule has 0 aliphatic heterocycles. The SMILES string of the molecule is C=C(OC)/C(=C\C(=NC)C(=O)OC)C(C)(C)O. The molecule has 96 valence electrons. The van der Waals surface area contributed by atoms with E-state index >= 15 is 0 Å². The van der Waals surface area contributed by atoms with Crippen molar-refractivity contribution in [2.24, 2.45) is 4.99 Å². The Bertz CT molecular complexity index is 361. The molecule has 0 amide bonds. The number of hydrogen-bond acceptors (Lipinski definition) is 5. The zero-order chi connectivity index (χ0) is 13.6. The van der Waals surface area contributed by atoms with Crippen molar-refractivity contribution in [3.05, 3.63) is 24.0 Å². The Hall–Kier alpha value is -1.62. The molecule has 0 rings (SSSR count). The minimum Gasteiger partial charge on any atom is -0.497 e. The van der Waals surface area contributed by atoms with Crippen LogP contribution in [0.25, 0.3) is 0 Å². The number of carbonyl (C=O) groups excluding carboxylic acids is 1. The Balaban J connectivity index is 5.46. The number of methoxy groups -OCH3 is 2. The van der Waals surface area contributed by atoms with Gasteiger partial charge in [0.05, 0.1) is 19.8 Å². The monoisotopic (exact) mass is 241 g/mol. The van der Waals surface area contributed by atoms with Gasteiger partial charge in [-0.3, -0.25) is 4.99 Å². The molecule has 0 saturated carbocycles. The molecule has 0 saturated heterocycles. The van der Waals surface area contributed by atoms with E-state index in [1.807, 2.05) is 0 Å². The molecule has 0 spiro atoms. The normalized spacial score (nSPS) is 13.3. The topological polar surface area (TPSA) is 68.1 Å². The van der Waals surface area contributed by atoms with Crippen molar-refractivity contribution in [2.75, 3.05) is 21.3 Å². The minimum atomic E-state index is -1.20. The van der Waals surface area contributed by atoms with E-state index in [-0.39, 0.29) is 11.5 Å². The van der Waals surface area contributed by atoms with E-state index in [1.165, 1.54) is 27.3 Å². The number of hydrogen-bond donors (Lipinski definition) is 1. The molecule has 0 aliphatic carbocycles. The molecule has 0 aliphatic rings. The van der Waals surface area contributed by atoms with Crippen LogP contribution in [0.3, 0.4) is 0 Å². The summed E-state index contributed by atoms with van der Waals surface area (Å²) in [6, 6.07) is 0. The highest BCUT2D eigenvalue weighted by Gasteiger charge is 2.24. The van der Waals surface area contributed by atoms with E-state index < -0.39 is 11.6 Å². The third kappa shape index (κ3) is 4.40. The summed E-state index contributed by atoms with van der Waals surface area (Å²) in [5.74, 6) is -0.319. The first-order chi connectivity index (χ1) is 7.77. The molecule has 0 bridgehead atoms. The van der Waals surface area contributed by atoms with Gasteiger partial charge in [0.25, 0.3) is 0 Å². The van der Waals surface area contributed by atoms with Gasteiger partial charge in [-0.15, -0.1) is 0 Å². The van der Waals surface area contributed by atoms with Crippen molar-refractivity contribution in [3.8, 4) is 0 Å². The maximum atomic E-state index is 11.4. The van der Waals surface area contributed by atoms with E-state index in [9.17, 15) is 9.90 Å². The third-order valence-electron chi connectivity index (χ3n) is 2.12. The van der Waals surface area contributed by atoms with E-state index in [0.717, 1.165) is 0 Å². The van der Waals surface area contributed by atoms with Gasteiger partial charge in [-0.1, -0.05) is 6.58 Å². The van der Waals surface area contributed by atoms with Crippen LogP contribution in [0, 0.1) is 0 Å². The highest BCUT2D eigenvalue weighted by atomic mass is 16.5. The lowest BCUT2D eigenvalue weighted by Crippen LogP contribution is -2.26. The second-order valence-corrected chi connectivity index (χ2v) is 3.84. The predicted molar refractivity (Wildman–Crippen MR) is 65.9 cm³/mol. The third-order valence-corrected chi connectivity index (χ3v) is 2.12. The average Bonchev–Trinajstić information content (AvgIpc) is 2.27. The Kier molecular flexibility index (Phi) is 5.61. The first-order valence-corrected chi connectivity index (χ1v) is 5.00. The molecule has 0 unspecified atom stereocenters. The van der Waals surface area contributed by atoms with Gasteiger partial charge >= 0.3 is 5.97 Å². The van der Waals surface area contributed by atoms with Crippen LogP contribution < -0.4 is 0 Å². The average molecular weight is 241 g/mol. The number of ether oxygens (including phenoxy) is 2. The molecule has 5 nitrogen and oxygen atoms in total. The summed E-state index contributed by atoms with van der Waals surface area (Å²) in [4.78, 5) is 15.2. The molecule has 0 aromatic carbocycles. The van der Waals surface area contributed by atoms with Gasteiger partial charge in [0.1, 0.15) is 11.5 Å². The highest BCUT2D eigenvalue weighted by molar-refractivity contribution is 6.41. The molecule has 0 aromatic heterocycles. The van der Waals surface area contributed by atoms with Gasteiger partial charge in [0.2, 0.25) is 0 Å². The van der Waals surface area contributed by atoms with Gasteiger partial charge < -0.3 is 14.6 Å². The fraction of sp³-hybridized carbons (Fsp3) is 0.500. The summed E-state index contributed by atoms with van der Waals surface area (Å²) in [5, 5.41) is 9.96. The number of rotatable bonds is 5. The van der Waals surface area contributed by atoms with Crippen LogP contribution in [0.1, 0.15) is 13.8 Å². The number of esters is 1. The van der Waals surface area contributed by atoms with E-state index in [0.29, 0.717) is 5.57 Å². The van der Waals surface area contributed by atoms with Crippen molar-refractivity contribution >= 4 is 11.7 Å². The number of aliphatic imine (C=N–C) groups is 1. The second-order valence-electron chi connectivity index (χ2n) is 3.84. The summed E-state index contributed by atoms with van der Waals surface area (Å²) < 4.78 is 9.53. The van der Waals surface area contributed by atoms with Gasteiger partial charge in [-0.25, -0.2) is 4.79 Å². The zero-order valence-electron chi connectivity index (χ0n) is 10.9. The Morgan fingerprint density at radius 3 is 2.18 bits per heavy atom. The fourth-order valence-electron chi connectivity index (χ4n) is 1.16. The molecule has 1 N–H and O–H groups in total. The van der Waals surface area contributed by atoms with Crippen molar-refractivity contribution < 1.29 is 19.4 Å². The summed E-state index contributed by atoms with van der Waals surface area (Å²) in [6.07, 6.45) is 1.40. The van der Waals surface area contributed by atoms with Crippen LogP contribution in [0.4, 0.5) is 0 Å². The molecule has 0 heterocycles. The first kappa shape index (κ1) is 15.4. The molecule has 0 radical (unpaired) electrons.